The summed E-state index contributed by atoms with van der Waals surface area (Å²) in [7, 11) is 0. The SMILES string of the molecule is Cc1ccc(Cl)c(NC(=O)Nc2cnc(Cl)c(C)c2)c1. The van der Waals surface area contributed by atoms with Gasteiger partial charge in [0.15, 0.2) is 0 Å². The van der Waals surface area contributed by atoms with Gasteiger partial charge in [-0.25, -0.2) is 9.78 Å². The summed E-state index contributed by atoms with van der Waals surface area (Å²) in [5, 5.41) is 6.26. The largest absolute Gasteiger partial charge is 0.323 e. The number of nitrogens with zero attached hydrogens (tertiary/aromatic N) is 1. The van der Waals surface area contributed by atoms with Gasteiger partial charge in [0.25, 0.3) is 0 Å². The third-order valence-corrected chi connectivity index (χ3v) is 3.37. The molecule has 0 atom stereocenters. The van der Waals surface area contributed by atoms with Crippen LogP contribution in [0.25, 0.3) is 0 Å². The molecule has 104 valence electrons. The van der Waals surface area contributed by atoms with Crippen molar-refractivity contribution in [1.82, 2.24) is 4.98 Å². The maximum Gasteiger partial charge on any atom is 0.323 e. The van der Waals surface area contributed by atoms with E-state index in [9.17, 15) is 4.79 Å². The highest BCUT2D eigenvalue weighted by Crippen LogP contribution is 2.23. The van der Waals surface area contributed by atoms with Gasteiger partial charge in [-0.15, -0.1) is 0 Å². The van der Waals surface area contributed by atoms with Crippen LogP contribution in [0.5, 0.6) is 0 Å². The van der Waals surface area contributed by atoms with Crippen LogP contribution in [0.2, 0.25) is 10.2 Å². The van der Waals surface area contributed by atoms with E-state index in [-0.39, 0.29) is 6.03 Å². The molecule has 1 heterocycles. The summed E-state index contributed by atoms with van der Waals surface area (Å²) in [6.45, 7) is 3.74. The van der Waals surface area contributed by atoms with Crippen molar-refractivity contribution in [1.29, 1.82) is 0 Å². The molecule has 0 aliphatic carbocycles. The summed E-state index contributed by atoms with van der Waals surface area (Å²) in [5.41, 5.74) is 2.92. The number of hydrogen-bond donors (Lipinski definition) is 2. The van der Waals surface area contributed by atoms with Crippen LogP contribution in [-0.2, 0) is 0 Å². The molecule has 1 aromatic heterocycles. The lowest BCUT2D eigenvalue weighted by atomic mass is 10.2. The summed E-state index contributed by atoms with van der Waals surface area (Å²) in [6, 6.07) is 6.76. The van der Waals surface area contributed by atoms with Gasteiger partial charge in [0, 0.05) is 0 Å². The molecule has 2 rings (SSSR count). The zero-order valence-electron chi connectivity index (χ0n) is 11.0. The molecule has 0 bridgehead atoms. The molecule has 6 heteroatoms. The van der Waals surface area contributed by atoms with Crippen molar-refractivity contribution in [3.8, 4) is 0 Å². The second kappa shape index (κ2) is 6.11. The van der Waals surface area contributed by atoms with Crippen molar-refractivity contribution in [2.24, 2.45) is 0 Å². The Morgan fingerprint density at radius 2 is 1.90 bits per heavy atom. The van der Waals surface area contributed by atoms with Gasteiger partial charge < -0.3 is 10.6 Å². The van der Waals surface area contributed by atoms with Gasteiger partial charge in [-0.1, -0.05) is 29.3 Å². The third kappa shape index (κ3) is 3.62. The maximum absolute atomic E-state index is 11.9. The molecule has 20 heavy (non-hydrogen) atoms. The Morgan fingerprint density at radius 1 is 1.15 bits per heavy atom. The number of hydrogen-bond acceptors (Lipinski definition) is 2. The second-order valence-electron chi connectivity index (χ2n) is 4.39. The van der Waals surface area contributed by atoms with E-state index in [0.29, 0.717) is 21.6 Å². The number of benzene rings is 1. The third-order valence-electron chi connectivity index (χ3n) is 2.64. The molecule has 0 spiro atoms. The molecule has 2 aromatic rings. The number of nitrogens with one attached hydrogen (secondary N) is 2. The molecule has 2 amide bonds. The lowest BCUT2D eigenvalue weighted by Crippen LogP contribution is -2.19. The van der Waals surface area contributed by atoms with Gasteiger partial charge in [0.05, 0.1) is 22.6 Å². The van der Waals surface area contributed by atoms with Crippen LogP contribution >= 0.6 is 23.2 Å². The zero-order valence-corrected chi connectivity index (χ0v) is 12.5. The van der Waals surface area contributed by atoms with Gasteiger partial charge in [-0.3, -0.25) is 0 Å². The first kappa shape index (κ1) is 14.6. The van der Waals surface area contributed by atoms with Crippen molar-refractivity contribution < 1.29 is 4.79 Å². The minimum Gasteiger partial charge on any atom is -0.306 e. The fraction of sp³-hybridized carbons (Fsp3) is 0.143. The van der Waals surface area contributed by atoms with Gasteiger partial charge in [-0.05, 0) is 43.2 Å². The number of urea groups is 1. The van der Waals surface area contributed by atoms with E-state index in [1.165, 1.54) is 6.20 Å². The highest BCUT2D eigenvalue weighted by Gasteiger charge is 2.07. The summed E-state index contributed by atoms with van der Waals surface area (Å²) >= 11 is 11.8. The van der Waals surface area contributed by atoms with Crippen LogP contribution in [0.15, 0.2) is 30.5 Å². The van der Waals surface area contributed by atoms with Crippen molar-refractivity contribution in [3.05, 3.63) is 51.8 Å². The minimum absolute atomic E-state index is 0.388. The van der Waals surface area contributed by atoms with E-state index in [0.717, 1.165) is 11.1 Å². The summed E-state index contributed by atoms with van der Waals surface area (Å²) < 4.78 is 0. The molecule has 1 aromatic carbocycles. The predicted molar refractivity (Wildman–Crippen MR) is 82.8 cm³/mol. The molecule has 0 aliphatic heterocycles. The van der Waals surface area contributed by atoms with E-state index in [2.05, 4.69) is 15.6 Å². The molecule has 0 aliphatic rings. The smallest absolute Gasteiger partial charge is 0.306 e. The molecule has 0 unspecified atom stereocenters. The highest BCUT2D eigenvalue weighted by molar-refractivity contribution is 6.33. The van der Waals surface area contributed by atoms with E-state index in [4.69, 9.17) is 23.2 Å². The first-order valence-electron chi connectivity index (χ1n) is 5.92. The minimum atomic E-state index is -0.388. The Kier molecular flexibility index (Phi) is 4.47. The van der Waals surface area contributed by atoms with E-state index in [1.54, 1.807) is 18.2 Å². The number of halogens is 2. The number of aromatic nitrogens is 1. The Hall–Kier alpha value is -1.78. The zero-order chi connectivity index (χ0) is 14.7. The van der Waals surface area contributed by atoms with Crippen molar-refractivity contribution >= 4 is 40.6 Å². The molecule has 0 fully saturated rings. The average molecular weight is 310 g/mol. The first-order chi connectivity index (χ1) is 9.45. The average Bonchev–Trinajstić information content (AvgIpc) is 2.38. The van der Waals surface area contributed by atoms with Gasteiger partial charge in [-0.2, -0.15) is 0 Å². The Morgan fingerprint density at radius 3 is 2.60 bits per heavy atom. The van der Waals surface area contributed by atoms with Gasteiger partial charge >= 0.3 is 6.03 Å². The van der Waals surface area contributed by atoms with Crippen LogP contribution in [0, 0.1) is 13.8 Å². The fourth-order valence-electron chi connectivity index (χ4n) is 1.65. The fourth-order valence-corrected chi connectivity index (χ4v) is 1.91. The van der Waals surface area contributed by atoms with E-state index >= 15 is 0 Å². The number of aryl methyl sites for hydroxylation is 2. The highest BCUT2D eigenvalue weighted by atomic mass is 35.5. The maximum atomic E-state index is 11.9. The lowest BCUT2D eigenvalue weighted by Gasteiger charge is -2.10. The summed E-state index contributed by atoms with van der Waals surface area (Å²) in [4.78, 5) is 15.9. The van der Waals surface area contributed by atoms with Crippen molar-refractivity contribution in [3.63, 3.8) is 0 Å². The molecule has 0 saturated carbocycles. The number of rotatable bonds is 2. The Balaban J connectivity index is 2.09. The number of carbonyl (C=O) groups excluding carboxylic acids is 1. The lowest BCUT2D eigenvalue weighted by molar-refractivity contribution is 0.262. The van der Waals surface area contributed by atoms with Crippen LogP contribution in [-0.4, -0.2) is 11.0 Å². The van der Waals surface area contributed by atoms with Gasteiger partial charge in [0.2, 0.25) is 0 Å². The standard InChI is InChI=1S/C14H13Cl2N3O/c1-8-3-4-11(15)12(5-8)19-14(20)18-10-6-9(2)13(16)17-7-10/h3-7H,1-2H3,(H2,18,19,20). The number of pyridine rings is 1. The quantitative estimate of drug-likeness (QED) is 0.793. The topological polar surface area (TPSA) is 54.0 Å². The first-order valence-corrected chi connectivity index (χ1v) is 6.67. The monoisotopic (exact) mass is 309 g/mol. The predicted octanol–water partition coefficient (Wildman–Crippen LogP) is 4.65. The molecule has 0 saturated heterocycles. The van der Waals surface area contributed by atoms with Gasteiger partial charge in [0.1, 0.15) is 5.15 Å². The molecule has 0 radical (unpaired) electrons. The number of anilines is 2. The van der Waals surface area contributed by atoms with E-state index < -0.39 is 0 Å². The molecule has 2 N–H and O–H groups in total. The Bertz CT molecular complexity index is 659. The van der Waals surface area contributed by atoms with Crippen molar-refractivity contribution in [2.75, 3.05) is 10.6 Å². The van der Waals surface area contributed by atoms with Crippen LogP contribution in [0.3, 0.4) is 0 Å². The number of carbonyl (C=O) groups is 1. The van der Waals surface area contributed by atoms with Crippen LogP contribution in [0.1, 0.15) is 11.1 Å². The summed E-state index contributed by atoms with van der Waals surface area (Å²) in [6.07, 6.45) is 1.49. The van der Waals surface area contributed by atoms with Crippen molar-refractivity contribution in [2.45, 2.75) is 13.8 Å². The molecular formula is C14H13Cl2N3O. The summed E-state index contributed by atoms with van der Waals surface area (Å²) in [5.74, 6) is 0. The normalized spacial score (nSPS) is 10.2. The van der Waals surface area contributed by atoms with Crippen LogP contribution in [0.4, 0.5) is 16.2 Å². The molecule has 4 nitrogen and oxygen atoms in total. The molecular weight excluding hydrogens is 297 g/mol. The number of amides is 2. The second-order valence-corrected chi connectivity index (χ2v) is 5.16. The van der Waals surface area contributed by atoms with E-state index in [1.807, 2.05) is 19.9 Å². The Labute approximate surface area is 127 Å². The van der Waals surface area contributed by atoms with Crippen LogP contribution < -0.4 is 10.6 Å².